The molecule has 5 heterocycles. The molecule has 0 aromatic carbocycles. The summed E-state index contributed by atoms with van der Waals surface area (Å²) in [5, 5.41) is 1.32. The summed E-state index contributed by atoms with van der Waals surface area (Å²) in [4.78, 5) is 23.4. The second-order valence-electron chi connectivity index (χ2n) is 7.69. The number of hydrogen-bond donors (Lipinski definition) is 0. The van der Waals surface area contributed by atoms with E-state index in [4.69, 9.17) is 21.1 Å². The molecule has 144 valence electrons. The second-order valence-corrected chi connectivity index (χ2v) is 8.05. The lowest BCUT2D eigenvalue weighted by Gasteiger charge is -2.52. The molecule has 5 rings (SSSR count). The van der Waals surface area contributed by atoms with E-state index in [2.05, 4.69) is 19.4 Å². The molecule has 9 heteroatoms. The van der Waals surface area contributed by atoms with Gasteiger partial charge in [-0.2, -0.15) is 0 Å². The van der Waals surface area contributed by atoms with Crippen LogP contribution in [0.25, 0.3) is 11.0 Å². The van der Waals surface area contributed by atoms with Gasteiger partial charge in [-0.25, -0.2) is 9.97 Å². The van der Waals surface area contributed by atoms with Crippen molar-refractivity contribution in [3.05, 3.63) is 23.7 Å². The average molecular weight is 392 g/mol. The number of carbonyl (C=O) groups is 1. The molecule has 0 radical (unpaired) electrons. The number of nitrogens with zero attached hydrogens (tertiary/aromatic N) is 5. The van der Waals surface area contributed by atoms with Gasteiger partial charge in [0, 0.05) is 25.8 Å². The molecule has 27 heavy (non-hydrogen) atoms. The standard InChI is InChI=1S/C18H22ClN5O3/c19-16-14-3-4-24(17(14)21-11-20-16)15-2-1-13(27-15)7-22-5-6-26-18(8-22)9-23(10-18)12-25/h3-4,11-13,15H,1-2,5-10H2. The summed E-state index contributed by atoms with van der Waals surface area (Å²) < 4.78 is 14.3. The van der Waals surface area contributed by atoms with E-state index in [1.807, 2.05) is 12.3 Å². The Morgan fingerprint density at radius 3 is 3.04 bits per heavy atom. The lowest BCUT2D eigenvalue weighted by molar-refractivity contribution is -0.187. The number of hydrogen-bond acceptors (Lipinski definition) is 6. The third-order valence-electron chi connectivity index (χ3n) is 5.78. The number of halogens is 1. The van der Waals surface area contributed by atoms with E-state index in [9.17, 15) is 4.79 Å². The molecule has 2 aromatic heterocycles. The summed E-state index contributed by atoms with van der Waals surface area (Å²) in [5.41, 5.74) is 0.635. The van der Waals surface area contributed by atoms with Crippen molar-refractivity contribution >= 4 is 29.0 Å². The van der Waals surface area contributed by atoms with E-state index < -0.39 is 0 Å². The normalized spacial score (nSPS) is 28.0. The number of morpholine rings is 1. The fourth-order valence-corrected chi connectivity index (χ4v) is 4.72. The SMILES string of the molecule is O=CN1CC2(C1)CN(CC1CCC(n3ccc4c(Cl)ncnc43)O1)CCO2. The highest BCUT2D eigenvalue weighted by Gasteiger charge is 2.47. The van der Waals surface area contributed by atoms with Gasteiger partial charge in [0.25, 0.3) is 0 Å². The van der Waals surface area contributed by atoms with Gasteiger partial charge in [0.05, 0.1) is 31.2 Å². The predicted molar refractivity (Wildman–Crippen MR) is 98.4 cm³/mol. The number of ether oxygens (including phenoxy) is 2. The van der Waals surface area contributed by atoms with Crippen molar-refractivity contribution in [2.75, 3.05) is 39.3 Å². The molecule has 0 bridgehead atoms. The maximum Gasteiger partial charge on any atom is 0.209 e. The zero-order valence-electron chi connectivity index (χ0n) is 15.0. The van der Waals surface area contributed by atoms with E-state index in [-0.39, 0.29) is 17.9 Å². The van der Waals surface area contributed by atoms with Crippen LogP contribution in [0.15, 0.2) is 18.6 Å². The maximum absolute atomic E-state index is 10.9. The molecule has 1 spiro atoms. The van der Waals surface area contributed by atoms with Gasteiger partial charge in [-0.15, -0.1) is 0 Å². The monoisotopic (exact) mass is 391 g/mol. The first-order valence-corrected chi connectivity index (χ1v) is 9.72. The fourth-order valence-electron chi connectivity index (χ4n) is 4.53. The third kappa shape index (κ3) is 3.10. The Balaban J connectivity index is 1.22. The molecule has 3 aliphatic rings. The van der Waals surface area contributed by atoms with Crippen LogP contribution in [-0.2, 0) is 14.3 Å². The lowest BCUT2D eigenvalue weighted by Crippen LogP contribution is -2.70. The number of amides is 1. The first-order chi connectivity index (χ1) is 13.2. The maximum atomic E-state index is 10.9. The molecule has 2 unspecified atom stereocenters. The number of fused-ring (bicyclic) bond motifs is 1. The van der Waals surface area contributed by atoms with E-state index >= 15 is 0 Å². The second kappa shape index (κ2) is 6.70. The van der Waals surface area contributed by atoms with Gasteiger partial charge in [0.2, 0.25) is 6.41 Å². The van der Waals surface area contributed by atoms with Crippen LogP contribution in [0.3, 0.4) is 0 Å². The van der Waals surface area contributed by atoms with Gasteiger partial charge in [-0.1, -0.05) is 11.6 Å². The summed E-state index contributed by atoms with van der Waals surface area (Å²) >= 11 is 6.15. The van der Waals surface area contributed by atoms with Crippen LogP contribution in [0, 0.1) is 0 Å². The summed E-state index contributed by atoms with van der Waals surface area (Å²) in [6, 6.07) is 1.94. The van der Waals surface area contributed by atoms with Crippen LogP contribution in [0.2, 0.25) is 5.15 Å². The highest BCUT2D eigenvalue weighted by molar-refractivity contribution is 6.33. The lowest BCUT2D eigenvalue weighted by atomic mass is 9.92. The Bertz CT molecular complexity index is 853. The Labute approximate surface area is 162 Å². The number of rotatable bonds is 4. The Morgan fingerprint density at radius 2 is 2.19 bits per heavy atom. The zero-order valence-corrected chi connectivity index (χ0v) is 15.7. The quantitative estimate of drug-likeness (QED) is 0.578. The van der Waals surface area contributed by atoms with Crippen molar-refractivity contribution in [1.29, 1.82) is 0 Å². The van der Waals surface area contributed by atoms with Gasteiger partial charge < -0.3 is 18.9 Å². The first-order valence-electron chi connectivity index (χ1n) is 9.34. The van der Waals surface area contributed by atoms with Crippen molar-refractivity contribution in [3.63, 3.8) is 0 Å². The first kappa shape index (κ1) is 17.4. The molecule has 1 amide bonds. The number of aromatic nitrogens is 3. The van der Waals surface area contributed by atoms with Crippen LogP contribution in [0.5, 0.6) is 0 Å². The Kier molecular flexibility index (Phi) is 4.31. The topological polar surface area (TPSA) is 72.7 Å². The third-order valence-corrected chi connectivity index (χ3v) is 6.08. The molecule has 0 aliphatic carbocycles. The fraction of sp³-hybridized carbons (Fsp3) is 0.611. The summed E-state index contributed by atoms with van der Waals surface area (Å²) in [5.74, 6) is 0. The minimum atomic E-state index is -0.179. The van der Waals surface area contributed by atoms with Crippen LogP contribution < -0.4 is 0 Å². The zero-order chi connectivity index (χ0) is 18.4. The summed E-state index contributed by atoms with van der Waals surface area (Å²) in [6.07, 6.45) is 6.48. The van der Waals surface area contributed by atoms with Crippen LogP contribution in [-0.4, -0.2) is 81.8 Å². The molecule has 2 atom stereocenters. The summed E-state index contributed by atoms with van der Waals surface area (Å²) in [7, 11) is 0. The van der Waals surface area contributed by atoms with E-state index in [0.717, 1.165) is 49.9 Å². The van der Waals surface area contributed by atoms with Gasteiger partial charge in [0.15, 0.2) is 0 Å². The number of likely N-dealkylation sites (tertiary alicyclic amines) is 1. The van der Waals surface area contributed by atoms with E-state index in [1.54, 1.807) is 4.90 Å². The molecule has 3 aliphatic heterocycles. The molecule has 3 fully saturated rings. The van der Waals surface area contributed by atoms with Crippen molar-refractivity contribution in [1.82, 2.24) is 24.3 Å². The predicted octanol–water partition coefficient (Wildman–Crippen LogP) is 1.31. The molecular weight excluding hydrogens is 370 g/mol. The smallest absolute Gasteiger partial charge is 0.209 e. The highest BCUT2D eigenvalue weighted by atomic mass is 35.5. The van der Waals surface area contributed by atoms with Crippen molar-refractivity contribution < 1.29 is 14.3 Å². The van der Waals surface area contributed by atoms with Crippen LogP contribution in [0.1, 0.15) is 19.1 Å². The van der Waals surface area contributed by atoms with Gasteiger partial charge in [0.1, 0.15) is 29.0 Å². The molecular formula is C18H22ClN5O3. The van der Waals surface area contributed by atoms with Crippen molar-refractivity contribution in [3.8, 4) is 0 Å². The summed E-state index contributed by atoms with van der Waals surface area (Å²) in [6.45, 7) is 4.74. The highest BCUT2D eigenvalue weighted by Crippen LogP contribution is 2.34. The molecule has 8 nitrogen and oxygen atoms in total. The molecule has 3 saturated heterocycles. The largest absolute Gasteiger partial charge is 0.369 e. The van der Waals surface area contributed by atoms with Gasteiger partial charge in [-0.3, -0.25) is 9.69 Å². The molecule has 0 N–H and O–H groups in total. The average Bonchev–Trinajstić information content (AvgIpc) is 3.27. The Hall–Kier alpha value is -1.74. The van der Waals surface area contributed by atoms with Crippen molar-refractivity contribution in [2.45, 2.75) is 30.8 Å². The Morgan fingerprint density at radius 1 is 1.30 bits per heavy atom. The van der Waals surface area contributed by atoms with Crippen molar-refractivity contribution in [2.24, 2.45) is 0 Å². The van der Waals surface area contributed by atoms with Crippen LogP contribution in [0.4, 0.5) is 0 Å². The minimum absolute atomic E-state index is 0.0253. The van der Waals surface area contributed by atoms with Gasteiger partial charge in [-0.05, 0) is 18.9 Å². The van der Waals surface area contributed by atoms with Crippen LogP contribution >= 0.6 is 11.6 Å². The molecule has 0 saturated carbocycles. The molecule has 2 aromatic rings. The van der Waals surface area contributed by atoms with Gasteiger partial charge >= 0.3 is 0 Å². The minimum Gasteiger partial charge on any atom is -0.369 e. The number of carbonyl (C=O) groups excluding carboxylic acids is 1. The van der Waals surface area contributed by atoms with E-state index in [0.29, 0.717) is 24.8 Å². The van der Waals surface area contributed by atoms with E-state index in [1.165, 1.54) is 6.33 Å².